The Bertz CT molecular complexity index is 1120. The minimum Gasteiger partial charge on any atom is -0.505 e. The van der Waals surface area contributed by atoms with Crippen LogP contribution in [0.4, 0.5) is 10.1 Å². The first-order valence-corrected chi connectivity index (χ1v) is 9.73. The van der Waals surface area contributed by atoms with Gasteiger partial charge in [0, 0.05) is 18.7 Å². The topological polar surface area (TPSA) is 69.6 Å². The van der Waals surface area contributed by atoms with E-state index in [4.69, 9.17) is 0 Å². The molecule has 0 unspecified atom stereocenters. The Labute approximate surface area is 173 Å². The molecule has 152 valence electrons. The van der Waals surface area contributed by atoms with Gasteiger partial charge in [0.25, 0.3) is 11.8 Å². The zero-order chi connectivity index (χ0) is 21.3. The Morgan fingerprint density at radius 1 is 1.00 bits per heavy atom. The summed E-state index contributed by atoms with van der Waals surface area (Å²) < 4.78 is 14.4. The van der Waals surface area contributed by atoms with Crippen molar-refractivity contribution in [1.82, 2.24) is 4.90 Å². The summed E-state index contributed by atoms with van der Waals surface area (Å²) >= 11 is 0. The number of benzene rings is 3. The molecular weight excluding hydrogens is 383 g/mol. The van der Waals surface area contributed by atoms with Crippen LogP contribution in [0.2, 0.25) is 0 Å². The summed E-state index contributed by atoms with van der Waals surface area (Å²) in [5.41, 5.74) is 2.31. The van der Waals surface area contributed by atoms with Crippen molar-refractivity contribution in [3.05, 3.63) is 83.2 Å². The lowest BCUT2D eigenvalue weighted by molar-refractivity contribution is 0.0651. The van der Waals surface area contributed by atoms with Crippen molar-refractivity contribution in [1.29, 1.82) is 0 Å². The second kappa shape index (κ2) is 7.99. The predicted molar refractivity (Wildman–Crippen MR) is 113 cm³/mol. The smallest absolute Gasteiger partial charge is 0.258 e. The number of phenols is 1. The quantitative estimate of drug-likeness (QED) is 0.624. The summed E-state index contributed by atoms with van der Waals surface area (Å²) in [6.07, 6.45) is 0.962. The highest BCUT2D eigenvalue weighted by molar-refractivity contribution is 6.07. The highest BCUT2D eigenvalue weighted by Crippen LogP contribution is 2.31. The van der Waals surface area contributed by atoms with Crippen LogP contribution >= 0.6 is 0 Å². The van der Waals surface area contributed by atoms with Crippen molar-refractivity contribution in [3.63, 3.8) is 0 Å². The molecule has 2 amide bonds. The molecule has 3 aromatic rings. The van der Waals surface area contributed by atoms with Gasteiger partial charge >= 0.3 is 0 Å². The number of anilines is 1. The average Bonchev–Trinajstić information content (AvgIpc) is 2.70. The molecule has 1 fully saturated rings. The molecule has 0 radical (unpaired) electrons. The van der Waals surface area contributed by atoms with Gasteiger partial charge in [-0.25, -0.2) is 4.39 Å². The van der Waals surface area contributed by atoms with Crippen LogP contribution < -0.4 is 5.32 Å². The number of carbonyl (C=O) groups excluding carboxylic acids is 2. The molecule has 2 N–H and O–H groups in total. The van der Waals surface area contributed by atoms with Crippen LogP contribution in [0.3, 0.4) is 0 Å². The maximum absolute atomic E-state index is 14.4. The lowest BCUT2D eigenvalue weighted by Gasteiger charge is -2.31. The zero-order valence-corrected chi connectivity index (χ0v) is 16.5. The van der Waals surface area contributed by atoms with E-state index in [2.05, 4.69) is 5.32 Å². The largest absolute Gasteiger partial charge is 0.505 e. The number of aromatic hydroxyl groups is 1. The molecule has 6 heteroatoms. The number of likely N-dealkylation sites (tertiary alicyclic amines) is 1. The third-order valence-corrected chi connectivity index (χ3v) is 5.26. The lowest BCUT2D eigenvalue weighted by Crippen LogP contribution is -2.42. The van der Waals surface area contributed by atoms with Gasteiger partial charge < -0.3 is 15.3 Å². The lowest BCUT2D eigenvalue weighted by atomic mass is 10.0. The number of aryl methyl sites for hydroxylation is 1. The second-order valence-corrected chi connectivity index (χ2v) is 7.35. The van der Waals surface area contributed by atoms with Gasteiger partial charge in [-0.15, -0.1) is 0 Å². The van der Waals surface area contributed by atoms with Crippen LogP contribution in [0.25, 0.3) is 11.1 Å². The molecule has 0 saturated carbocycles. The molecule has 0 spiro atoms. The number of carbonyl (C=O) groups is 2. The van der Waals surface area contributed by atoms with E-state index in [-0.39, 0.29) is 22.9 Å². The number of rotatable bonds is 4. The number of hydrogen-bond acceptors (Lipinski definition) is 3. The van der Waals surface area contributed by atoms with Crippen molar-refractivity contribution in [3.8, 4) is 16.9 Å². The highest BCUT2D eigenvalue weighted by Gasteiger charge is 2.24. The van der Waals surface area contributed by atoms with Crippen molar-refractivity contribution in [2.24, 2.45) is 0 Å². The van der Waals surface area contributed by atoms with Crippen LogP contribution in [0.15, 0.2) is 60.7 Å². The molecule has 30 heavy (non-hydrogen) atoms. The number of nitrogens with one attached hydrogen (secondary N) is 1. The first kappa shape index (κ1) is 19.6. The van der Waals surface area contributed by atoms with Crippen molar-refractivity contribution < 1.29 is 19.1 Å². The zero-order valence-electron chi connectivity index (χ0n) is 16.5. The number of phenolic OH excluding ortho intramolecular Hbond substituents is 1. The van der Waals surface area contributed by atoms with E-state index in [0.717, 1.165) is 12.0 Å². The van der Waals surface area contributed by atoms with E-state index >= 15 is 0 Å². The van der Waals surface area contributed by atoms with Gasteiger partial charge in [0.05, 0.1) is 11.3 Å². The summed E-state index contributed by atoms with van der Waals surface area (Å²) in [5, 5.41) is 12.9. The number of amides is 2. The van der Waals surface area contributed by atoms with Gasteiger partial charge in [-0.2, -0.15) is 0 Å². The summed E-state index contributed by atoms with van der Waals surface area (Å²) in [7, 11) is 0. The SMILES string of the molecule is Cc1cc(C(=O)N2CCC2)cc(NC(=O)c2cc(-c3ccccc3)ccc2F)c1O. The Hall–Kier alpha value is -3.67. The van der Waals surface area contributed by atoms with E-state index in [9.17, 15) is 19.1 Å². The minimum absolute atomic E-state index is 0.0772. The third-order valence-electron chi connectivity index (χ3n) is 5.26. The second-order valence-electron chi connectivity index (χ2n) is 7.35. The molecule has 1 aliphatic heterocycles. The van der Waals surface area contributed by atoms with Gasteiger partial charge in [-0.1, -0.05) is 36.4 Å². The molecule has 4 rings (SSSR count). The van der Waals surface area contributed by atoms with E-state index < -0.39 is 11.7 Å². The standard InChI is InChI=1S/C24H21FN2O3/c1-15-12-18(24(30)27-10-5-11-27)14-21(22(15)28)26-23(29)19-13-17(8-9-20(19)25)16-6-3-2-4-7-16/h2-4,6-9,12-14,28H,5,10-11H2,1H3,(H,26,29). The first-order chi connectivity index (χ1) is 14.4. The molecule has 0 aromatic heterocycles. The molecule has 0 aliphatic carbocycles. The molecular formula is C24H21FN2O3. The fourth-order valence-electron chi connectivity index (χ4n) is 3.40. The van der Waals surface area contributed by atoms with Gasteiger partial charge in [0.15, 0.2) is 0 Å². The fourth-order valence-corrected chi connectivity index (χ4v) is 3.40. The summed E-state index contributed by atoms with van der Waals surface area (Å²) in [5.74, 6) is -1.68. The monoisotopic (exact) mass is 404 g/mol. The molecule has 1 aliphatic rings. The van der Waals surface area contributed by atoms with Gasteiger partial charge in [0.1, 0.15) is 11.6 Å². The molecule has 0 atom stereocenters. The highest BCUT2D eigenvalue weighted by atomic mass is 19.1. The normalized spacial score (nSPS) is 12.9. The van der Waals surface area contributed by atoms with E-state index in [1.807, 2.05) is 30.3 Å². The van der Waals surface area contributed by atoms with Crippen LogP contribution in [0.1, 0.15) is 32.7 Å². The van der Waals surface area contributed by atoms with E-state index in [1.165, 1.54) is 18.2 Å². The van der Waals surface area contributed by atoms with Gasteiger partial charge in [-0.3, -0.25) is 9.59 Å². The number of nitrogens with zero attached hydrogens (tertiary/aromatic N) is 1. The van der Waals surface area contributed by atoms with E-state index in [0.29, 0.717) is 29.8 Å². The molecule has 3 aromatic carbocycles. The first-order valence-electron chi connectivity index (χ1n) is 9.73. The van der Waals surface area contributed by atoms with Crippen molar-refractivity contribution >= 4 is 17.5 Å². The summed E-state index contributed by atoms with van der Waals surface area (Å²) in [6, 6.07) is 16.7. The summed E-state index contributed by atoms with van der Waals surface area (Å²) in [4.78, 5) is 27.0. The molecule has 1 saturated heterocycles. The van der Waals surface area contributed by atoms with Crippen molar-refractivity contribution in [2.45, 2.75) is 13.3 Å². The van der Waals surface area contributed by atoms with Crippen LogP contribution in [-0.2, 0) is 0 Å². The van der Waals surface area contributed by atoms with E-state index in [1.54, 1.807) is 24.0 Å². The Balaban J connectivity index is 1.64. The minimum atomic E-state index is -0.700. The third kappa shape index (κ3) is 3.76. The predicted octanol–water partition coefficient (Wildman–Crippen LogP) is 4.60. The molecule has 5 nitrogen and oxygen atoms in total. The average molecular weight is 404 g/mol. The maximum atomic E-state index is 14.4. The van der Waals surface area contributed by atoms with Crippen LogP contribution in [-0.4, -0.2) is 34.9 Å². The van der Waals surface area contributed by atoms with Gasteiger partial charge in [-0.05, 0) is 54.3 Å². The Morgan fingerprint density at radius 2 is 1.73 bits per heavy atom. The molecule has 0 bridgehead atoms. The maximum Gasteiger partial charge on any atom is 0.258 e. The van der Waals surface area contributed by atoms with Gasteiger partial charge in [0.2, 0.25) is 0 Å². The Kier molecular flexibility index (Phi) is 5.23. The summed E-state index contributed by atoms with van der Waals surface area (Å²) in [6.45, 7) is 3.03. The van der Waals surface area contributed by atoms with Crippen LogP contribution in [0, 0.1) is 12.7 Å². The fraction of sp³-hybridized carbons (Fsp3) is 0.167. The van der Waals surface area contributed by atoms with Crippen LogP contribution in [0.5, 0.6) is 5.75 Å². The Morgan fingerprint density at radius 3 is 2.40 bits per heavy atom. The molecule has 1 heterocycles. The number of hydrogen-bond donors (Lipinski definition) is 2. The van der Waals surface area contributed by atoms with Crippen molar-refractivity contribution in [2.75, 3.05) is 18.4 Å². The number of halogens is 1.